The molecule has 0 bridgehead atoms. The van der Waals surface area contributed by atoms with Crippen LogP contribution in [0.3, 0.4) is 0 Å². The van der Waals surface area contributed by atoms with Gasteiger partial charge in [-0.2, -0.15) is 0 Å². The van der Waals surface area contributed by atoms with Gasteiger partial charge in [-0.15, -0.1) is 0 Å². The lowest BCUT2D eigenvalue weighted by Gasteiger charge is -2.04. The van der Waals surface area contributed by atoms with Crippen LogP contribution < -0.4 is 5.73 Å². The van der Waals surface area contributed by atoms with Crippen molar-refractivity contribution in [2.45, 2.75) is 6.10 Å². The predicted molar refractivity (Wildman–Crippen MR) is 31.4 cm³/mol. The Bertz CT molecular complexity index is 132. The summed E-state index contributed by atoms with van der Waals surface area (Å²) in [6.07, 6.45) is -1.22. The van der Waals surface area contributed by atoms with E-state index in [0.29, 0.717) is 0 Å². The van der Waals surface area contributed by atoms with E-state index >= 15 is 0 Å². The number of aliphatic hydroxyl groups excluding tert-OH is 2. The molecule has 0 aromatic rings. The van der Waals surface area contributed by atoms with E-state index in [1.165, 1.54) is 0 Å². The highest BCUT2D eigenvalue weighted by molar-refractivity contribution is 5.92. The highest BCUT2D eigenvalue weighted by Gasteiger charge is 2.10. The molecule has 0 spiro atoms. The molecular formula is C5H9NO3. The molecule has 4 heteroatoms. The van der Waals surface area contributed by atoms with E-state index < -0.39 is 18.6 Å². The highest BCUT2D eigenvalue weighted by atomic mass is 16.3. The molecule has 0 fully saturated rings. The van der Waals surface area contributed by atoms with Gasteiger partial charge in [-0.1, -0.05) is 6.58 Å². The van der Waals surface area contributed by atoms with Crippen molar-refractivity contribution in [1.29, 1.82) is 0 Å². The highest BCUT2D eigenvalue weighted by Crippen LogP contribution is 1.95. The van der Waals surface area contributed by atoms with Gasteiger partial charge in [-0.25, -0.2) is 0 Å². The zero-order chi connectivity index (χ0) is 7.44. The monoisotopic (exact) mass is 131 g/mol. The summed E-state index contributed by atoms with van der Waals surface area (Å²) in [5.74, 6) is -0.795. The minimum absolute atomic E-state index is 0.169. The molecule has 0 saturated carbocycles. The van der Waals surface area contributed by atoms with Crippen LogP contribution in [-0.4, -0.2) is 28.8 Å². The van der Waals surface area contributed by atoms with Gasteiger partial charge in [0.2, 0.25) is 5.91 Å². The van der Waals surface area contributed by atoms with Gasteiger partial charge in [0.25, 0.3) is 0 Å². The summed E-state index contributed by atoms with van der Waals surface area (Å²) in [6, 6.07) is 0. The Hall–Kier alpha value is -0.870. The normalized spacial score (nSPS) is 12.7. The number of amides is 1. The van der Waals surface area contributed by atoms with Crippen molar-refractivity contribution < 1.29 is 15.0 Å². The fourth-order valence-electron chi connectivity index (χ4n) is 0.274. The summed E-state index contributed by atoms with van der Waals surface area (Å²) in [4.78, 5) is 10.2. The fourth-order valence-corrected chi connectivity index (χ4v) is 0.274. The second kappa shape index (κ2) is 3.21. The molecule has 1 amide bonds. The Kier molecular flexibility index (Phi) is 2.90. The molecule has 4 N–H and O–H groups in total. The molecule has 52 valence electrons. The lowest BCUT2D eigenvalue weighted by molar-refractivity contribution is -0.115. The van der Waals surface area contributed by atoms with Crippen LogP contribution in [0.25, 0.3) is 0 Å². The molecule has 9 heavy (non-hydrogen) atoms. The van der Waals surface area contributed by atoms with E-state index in [-0.39, 0.29) is 5.57 Å². The van der Waals surface area contributed by atoms with E-state index in [1.807, 2.05) is 0 Å². The molecule has 4 nitrogen and oxygen atoms in total. The lowest BCUT2D eigenvalue weighted by atomic mass is 10.2. The quantitative estimate of drug-likeness (QED) is 0.402. The maximum absolute atomic E-state index is 10.2. The van der Waals surface area contributed by atoms with Gasteiger partial charge in [0.05, 0.1) is 6.61 Å². The first-order chi connectivity index (χ1) is 4.09. The van der Waals surface area contributed by atoms with Crippen LogP contribution in [0.4, 0.5) is 0 Å². The van der Waals surface area contributed by atoms with Crippen LogP contribution >= 0.6 is 0 Å². The van der Waals surface area contributed by atoms with E-state index in [4.69, 9.17) is 15.9 Å². The Balaban J connectivity index is 3.88. The van der Waals surface area contributed by atoms with Crippen LogP contribution in [0.15, 0.2) is 12.2 Å². The predicted octanol–water partition coefficient (Wildman–Crippen LogP) is -1.62. The molecule has 0 heterocycles. The lowest BCUT2D eigenvalue weighted by Crippen LogP contribution is -2.25. The van der Waals surface area contributed by atoms with Crippen molar-refractivity contribution in [2.24, 2.45) is 5.73 Å². The molecule has 0 aliphatic rings. The number of carbonyl (C=O) groups is 1. The van der Waals surface area contributed by atoms with E-state index in [9.17, 15) is 4.79 Å². The van der Waals surface area contributed by atoms with E-state index in [1.54, 1.807) is 0 Å². The Morgan fingerprint density at radius 2 is 2.22 bits per heavy atom. The van der Waals surface area contributed by atoms with Gasteiger partial charge in [0, 0.05) is 5.57 Å². The van der Waals surface area contributed by atoms with Crippen molar-refractivity contribution in [1.82, 2.24) is 0 Å². The molecule has 0 radical (unpaired) electrons. The molecule has 0 rings (SSSR count). The number of primary amides is 1. The third-order valence-corrected chi connectivity index (χ3v) is 0.892. The minimum atomic E-state index is -1.22. The summed E-state index contributed by atoms with van der Waals surface area (Å²) >= 11 is 0. The first kappa shape index (κ1) is 8.13. The summed E-state index contributed by atoms with van der Waals surface area (Å²) < 4.78 is 0. The Morgan fingerprint density at radius 3 is 2.33 bits per heavy atom. The summed E-state index contributed by atoms with van der Waals surface area (Å²) in [5, 5.41) is 16.9. The van der Waals surface area contributed by atoms with Crippen molar-refractivity contribution >= 4 is 5.91 Å². The maximum Gasteiger partial charge on any atom is 0.246 e. The minimum Gasteiger partial charge on any atom is -0.393 e. The molecule has 0 saturated heterocycles. The van der Waals surface area contributed by atoms with E-state index in [0.717, 1.165) is 0 Å². The van der Waals surface area contributed by atoms with Gasteiger partial charge in [-0.05, 0) is 0 Å². The molecule has 0 aliphatic carbocycles. The summed E-state index contributed by atoms with van der Waals surface area (Å²) in [7, 11) is 0. The second-order valence-electron chi connectivity index (χ2n) is 1.59. The summed E-state index contributed by atoms with van der Waals surface area (Å²) in [5.41, 5.74) is 4.53. The van der Waals surface area contributed by atoms with Gasteiger partial charge in [0.1, 0.15) is 6.10 Å². The standard InChI is InChI=1S/C5H9NO3/c1-3(5(6)9)4(8)2-7/h4,7-8H,1-2H2,(H2,6,9). The van der Waals surface area contributed by atoms with Crippen LogP contribution in [0.2, 0.25) is 0 Å². The summed E-state index contributed by atoms with van der Waals surface area (Å²) in [6.45, 7) is 2.61. The molecule has 0 aromatic carbocycles. The third kappa shape index (κ3) is 2.25. The third-order valence-electron chi connectivity index (χ3n) is 0.892. The van der Waals surface area contributed by atoms with Crippen molar-refractivity contribution in [3.8, 4) is 0 Å². The van der Waals surface area contributed by atoms with Crippen molar-refractivity contribution in [2.75, 3.05) is 6.61 Å². The smallest absolute Gasteiger partial charge is 0.246 e. The van der Waals surface area contributed by atoms with Gasteiger partial charge in [0.15, 0.2) is 0 Å². The number of carbonyl (C=O) groups excluding carboxylic acids is 1. The van der Waals surface area contributed by atoms with Gasteiger partial charge in [-0.3, -0.25) is 4.79 Å². The van der Waals surface area contributed by atoms with Crippen molar-refractivity contribution in [3.05, 3.63) is 12.2 Å². The maximum atomic E-state index is 10.2. The van der Waals surface area contributed by atoms with Crippen LogP contribution in [0, 0.1) is 0 Å². The number of hydrogen-bond acceptors (Lipinski definition) is 3. The molecule has 1 atom stereocenters. The molecule has 0 aliphatic heterocycles. The van der Waals surface area contributed by atoms with Gasteiger partial charge < -0.3 is 15.9 Å². The SMILES string of the molecule is C=C(C(N)=O)C(O)CO. The first-order valence-electron chi connectivity index (χ1n) is 2.37. The zero-order valence-electron chi connectivity index (χ0n) is 4.87. The number of hydrogen-bond donors (Lipinski definition) is 3. The largest absolute Gasteiger partial charge is 0.393 e. The Morgan fingerprint density at radius 1 is 1.78 bits per heavy atom. The van der Waals surface area contributed by atoms with E-state index in [2.05, 4.69) is 6.58 Å². The topological polar surface area (TPSA) is 83.6 Å². The fraction of sp³-hybridized carbons (Fsp3) is 0.400. The molecular weight excluding hydrogens is 122 g/mol. The number of rotatable bonds is 3. The molecule has 1 unspecified atom stereocenters. The number of nitrogens with two attached hydrogens (primary N) is 1. The Labute approximate surface area is 52.6 Å². The average Bonchev–Trinajstić information content (AvgIpc) is 1.84. The van der Waals surface area contributed by atoms with Crippen LogP contribution in [0.1, 0.15) is 0 Å². The second-order valence-corrected chi connectivity index (χ2v) is 1.59. The molecule has 0 aromatic heterocycles. The number of aliphatic hydroxyl groups is 2. The van der Waals surface area contributed by atoms with Crippen molar-refractivity contribution in [3.63, 3.8) is 0 Å². The van der Waals surface area contributed by atoms with Gasteiger partial charge >= 0.3 is 0 Å². The van der Waals surface area contributed by atoms with Crippen LogP contribution in [0.5, 0.6) is 0 Å². The first-order valence-corrected chi connectivity index (χ1v) is 2.37. The zero-order valence-corrected chi connectivity index (χ0v) is 4.87. The van der Waals surface area contributed by atoms with Crippen LogP contribution in [-0.2, 0) is 4.79 Å². The average molecular weight is 131 g/mol.